The summed E-state index contributed by atoms with van der Waals surface area (Å²) in [7, 11) is 0. The van der Waals surface area contributed by atoms with Crippen LogP contribution in [0.1, 0.15) is 72.1 Å². The van der Waals surface area contributed by atoms with E-state index in [1.807, 2.05) is 0 Å². The molecule has 2 unspecified atom stereocenters. The van der Waals surface area contributed by atoms with Crippen molar-refractivity contribution in [3.63, 3.8) is 0 Å². The van der Waals surface area contributed by atoms with E-state index in [2.05, 4.69) is 31.4 Å². The van der Waals surface area contributed by atoms with E-state index in [1.165, 1.54) is 12.8 Å². The molecular weight excluding hydrogens is 236 g/mol. The number of rotatable bonds is 4. The zero-order valence-electron chi connectivity index (χ0n) is 12.8. The Balaban J connectivity index is 1.95. The van der Waals surface area contributed by atoms with Gasteiger partial charge in [-0.25, -0.2) is 0 Å². The first-order valence-electron chi connectivity index (χ1n) is 8.03. The molecule has 2 fully saturated rings. The fourth-order valence-electron chi connectivity index (χ4n) is 3.90. The molecule has 2 aliphatic rings. The average molecular weight is 266 g/mol. The number of hydrogen-bond donors (Lipinski definition) is 2. The molecule has 1 saturated carbocycles. The number of carbonyl (C=O) groups excluding carboxylic acids is 1. The third-order valence-corrected chi connectivity index (χ3v) is 4.90. The summed E-state index contributed by atoms with van der Waals surface area (Å²) in [5.41, 5.74) is 0.119. The van der Waals surface area contributed by atoms with Crippen molar-refractivity contribution in [3.8, 4) is 0 Å². The van der Waals surface area contributed by atoms with Gasteiger partial charge in [0, 0.05) is 6.04 Å². The highest BCUT2D eigenvalue weighted by atomic mass is 16.2. The molecule has 0 aromatic carbocycles. The van der Waals surface area contributed by atoms with E-state index in [0.29, 0.717) is 11.5 Å². The van der Waals surface area contributed by atoms with Crippen LogP contribution in [-0.2, 0) is 4.79 Å². The SMILES string of the molecule is CCCC1(C(=O)NC2CCCC(C)(C)C2)CCCN1. The smallest absolute Gasteiger partial charge is 0.240 e. The lowest BCUT2D eigenvalue weighted by atomic mass is 9.75. The molecular formula is C16H30N2O. The zero-order chi connectivity index (χ0) is 13.9. The van der Waals surface area contributed by atoms with Gasteiger partial charge in [0.15, 0.2) is 0 Å². The van der Waals surface area contributed by atoms with Crippen molar-refractivity contribution in [2.24, 2.45) is 5.41 Å². The first-order chi connectivity index (χ1) is 8.97. The predicted molar refractivity (Wildman–Crippen MR) is 79.1 cm³/mol. The molecule has 0 bridgehead atoms. The molecule has 3 heteroatoms. The molecule has 1 amide bonds. The molecule has 110 valence electrons. The minimum absolute atomic E-state index is 0.259. The summed E-state index contributed by atoms with van der Waals surface area (Å²) in [6.07, 6.45) is 8.97. The van der Waals surface area contributed by atoms with Gasteiger partial charge in [-0.3, -0.25) is 4.79 Å². The summed E-state index contributed by atoms with van der Waals surface area (Å²) in [5.74, 6) is 0.259. The second-order valence-electron chi connectivity index (χ2n) is 7.29. The van der Waals surface area contributed by atoms with E-state index >= 15 is 0 Å². The van der Waals surface area contributed by atoms with Gasteiger partial charge in [-0.15, -0.1) is 0 Å². The molecule has 2 atom stereocenters. The molecule has 3 nitrogen and oxygen atoms in total. The van der Waals surface area contributed by atoms with Crippen LogP contribution >= 0.6 is 0 Å². The van der Waals surface area contributed by atoms with Crippen molar-refractivity contribution in [2.45, 2.75) is 83.7 Å². The Hall–Kier alpha value is -0.570. The van der Waals surface area contributed by atoms with E-state index < -0.39 is 0 Å². The first kappa shape index (κ1) is 14.8. The van der Waals surface area contributed by atoms with E-state index in [0.717, 1.165) is 45.1 Å². The number of amides is 1. The van der Waals surface area contributed by atoms with Crippen LogP contribution in [0.25, 0.3) is 0 Å². The van der Waals surface area contributed by atoms with Crippen molar-refractivity contribution in [1.29, 1.82) is 0 Å². The van der Waals surface area contributed by atoms with Crippen LogP contribution in [0.3, 0.4) is 0 Å². The minimum Gasteiger partial charge on any atom is -0.352 e. The summed E-state index contributed by atoms with van der Waals surface area (Å²) >= 11 is 0. The summed E-state index contributed by atoms with van der Waals surface area (Å²) in [6.45, 7) is 7.80. The summed E-state index contributed by atoms with van der Waals surface area (Å²) < 4.78 is 0. The molecule has 2 rings (SSSR count). The second kappa shape index (κ2) is 5.82. The predicted octanol–water partition coefficient (Wildman–Crippen LogP) is 2.99. The van der Waals surface area contributed by atoms with E-state index in [1.54, 1.807) is 0 Å². The van der Waals surface area contributed by atoms with Crippen LogP contribution in [0.15, 0.2) is 0 Å². The zero-order valence-corrected chi connectivity index (χ0v) is 12.8. The number of carbonyl (C=O) groups is 1. The van der Waals surface area contributed by atoms with Crippen LogP contribution < -0.4 is 10.6 Å². The maximum Gasteiger partial charge on any atom is 0.240 e. The normalized spacial score (nSPS) is 34.2. The highest BCUT2D eigenvalue weighted by molar-refractivity contribution is 5.87. The molecule has 0 spiro atoms. The Labute approximate surface area is 117 Å². The van der Waals surface area contributed by atoms with Crippen molar-refractivity contribution < 1.29 is 4.79 Å². The van der Waals surface area contributed by atoms with Crippen LogP contribution in [0, 0.1) is 5.41 Å². The summed E-state index contributed by atoms with van der Waals surface area (Å²) in [4.78, 5) is 12.7. The van der Waals surface area contributed by atoms with E-state index in [9.17, 15) is 4.79 Å². The van der Waals surface area contributed by atoms with Gasteiger partial charge in [0.1, 0.15) is 0 Å². The lowest BCUT2D eigenvalue weighted by Crippen LogP contribution is -2.56. The number of nitrogens with one attached hydrogen (secondary N) is 2. The Bertz CT molecular complexity index is 319. The Morgan fingerprint density at radius 1 is 1.32 bits per heavy atom. The van der Waals surface area contributed by atoms with Gasteiger partial charge in [-0.05, 0) is 50.5 Å². The third kappa shape index (κ3) is 3.50. The molecule has 1 saturated heterocycles. The topological polar surface area (TPSA) is 41.1 Å². The van der Waals surface area contributed by atoms with Crippen molar-refractivity contribution in [2.75, 3.05) is 6.54 Å². The van der Waals surface area contributed by atoms with E-state index in [4.69, 9.17) is 0 Å². The van der Waals surface area contributed by atoms with E-state index in [-0.39, 0.29) is 11.4 Å². The van der Waals surface area contributed by atoms with Crippen LogP contribution in [0.5, 0.6) is 0 Å². The van der Waals surface area contributed by atoms with Crippen LogP contribution in [0.4, 0.5) is 0 Å². The van der Waals surface area contributed by atoms with Gasteiger partial charge in [-0.1, -0.05) is 33.6 Å². The highest BCUT2D eigenvalue weighted by Gasteiger charge is 2.41. The van der Waals surface area contributed by atoms with Crippen molar-refractivity contribution in [3.05, 3.63) is 0 Å². The average Bonchev–Trinajstić information content (AvgIpc) is 2.78. The quantitative estimate of drug-likeness (QED) is 0.821. The van der Waals surface area contributed by atoms with Crippen LogP contribution in [-0.4, -0.2) is 24.0 Å². The third-order valence-electron chi connectivity index (χ3n) is 4.90. The number of hydrogen-bond acceptors (Lipinski definition) is 2. The second-order valence-corrected chi connectivity index (χ2v) is 7.29. The molecule has 1 aliphatic carbocycles. The maximum absolute atomic E-state index is 12.7. The lowest BCUT2D eigenvalue weighted by Gasteiger charge is -2.38. The molecule has 2 N–H and O–H groups in total. The van der Waals surface area contributed by atoms with Crippen LogP contribution in [0.2, 0.25) is 0 Å². The first-order valence-corrected chi connectivity index (χ1v) is 8.03. The molecule has 1 aliphatic heterocycles. The molecule has 0 aromatic heterocycles. The Morgan fingerprint density at radius 2 is 2.11 bits per heavy atom. The van der Waals surface area contributed by atoms with Gasteiger partial charge in [0.25, 0.3) is 0 Å². The lowest BCUT2D eigenvalue weighted by molar-refractivity contribution is -0.128. The van der Waals surface area contributed by atoms with Crippen molar-refractivity contribution >= 4 is 5.91 Å². The summed E-state index contributed by atoms with van der Waals surface area (Å²) in [6, 6.07) is 0.382. The fourth-order valence-corrected chi connectivity index (χ4v) is 3.90. The fraction of sp³-hybridized carbons (Fsp3) is 0.938. The Morgan fingerprint density at radius 3 is 2.68 bits per heavy atom. The van der Waals surface area contributed by atoms with Gasteiger partial charge >= 0.3 is 0 Å². The van der Waals surface area contributed by atoms with Gasteiger partial charge in [0.05, 0.1) is 5.54 Å². The van der Waals surface area contributed by atoms with Gasteiger partial charge < -0.3 is 10.6 Å². The minimum atomic E-state index is -0.268. The Kier molecular flexibility index (Phi) is 4.54. The maximum atomic E-state index is 12.7. The largest absolute Gasteiger partial charge is 0.352 e. The monoisotopic (exact) mass is 266 g/mol. The standard InChI is InChI=1S/C16H30N2O/c1-4-8-16(10-6-11-17-16)14(19)18-13-7-5-9-15(2,3)12-13/h13,17H,4-12H2,1-3H3,(H,18,19). The highest BCUT2D eigenvalue weighted by Crippen LogP contribution is 2.35. The molecule has 0 radical (unpaired) electrons. The molecule has 19 heavy (non-hydrogen) atoms. The van der Waals surface area contributed by atoms with Gasteiger partial charge in [0.2, 0.25) is 5.91 Å². The molecule has 0 aromatic rings. The summed E-state index contributed by atoms with van der Waals surface area (Å²) in [5, 5.41) is 6.81. The van der Waals surface area contributed by atoms with Crippen molar-refractivity contribution in [1.82, 2.24) is 10.6 Å². The molecule has 1 heterocycles. The van der Waals surface area contributed by atoms with Gasteiger partial charge in [-0.2, -0.15) is 0 Å².